The number of halogens is 5. The van der Waals surface area contributed by atoms with Crippen molar-refractivity contribution in [2.45, 2.75) is 121 Å². The molecule has 0 fully saturated rings. The van der Waals surface area contributed by atoms with Crippen LogP contribution in [0.3, 0.4) is 0 Å². The van der Waals surface area contributed by atoms with Crippen LogP contribution in [-0.4, -0.2) is 53.2 Å². The lowest BCUT2D eigenvalue weighted by Gasteiger charge is -2.29. The van der Waals surface area contributed by atoms with E-state index in [1.165, 1.54) is 41.6 Å². The normalized spacial score (nSPS) is 10.3. The van der Waals surface area contributed by atoms with Crippen molar-refractivity contribution >= 4 is 130 Å². The number of benzene rings is 6. The van der Waals surface area contributed by atoms with Gasteiger partial charge in [0.25, 0.3) is 0 Å². The van der Waals surface area contributed by atoms with E-state index >= 15 is 0 Å². The molecule has 6 aromatic carbocycles. The van der Waals surface area contributed by atoms with Crippen LogP contribution in [0.1, 0.15) is 136 Å². The molecule has 0 saturated carbocycles. The molecule has 0 spiro atoms. The number of carbonyl (C=O) groups is 2. The number of aryl methyl sites for hydroxylation is 8. The molecule has 9 rings (SSSR count). The van der Waals surface area contributed by atoms with Crippen molar-refractivity contribution in [2.24, 2.45) is 0 Å². The van der Waals surface area contributed by atoms with Gasteiger partial charge in [-0.3, -0.25) is 4.79 Å². The van der Waals surface area contributed by atoms with Gasteiger partial charge in [0, 0.05) is 72.4 Å². The summed E-state index contributed by atoms with van der Waals surface area (Å²) in [6.07, 6.45) is 17.9. The van der Waals surface area contributed by atoms with Crippen molar-refractivity contribution in [3.63, 3.8) is 0 Å². The third-order valence-corrected chi connectivity index (χ3v) is 14.8. The fourth-order valence-electron chi connectivity index (χ4n) is 9.78. The van der Waals surface area contributed by atoms with Gasteiger partial charge in [-0.25, -0.2) is 34.6 Å². The maximum Gasteiger partial charge on any atom is 0.420 e. The second-order valence-corrected chi connectivity index (χ2v) is 26.3. The summed E-state index contributed by atoms with van der Waals surface area (Å²) in [5, 5.41) is 55.5. The number of amides is 1. The first-order valence-electron chi connectivity index (χ1n) is 32.4. The van der Waals surface area contributed by atoms with Gasteiger partial charge in [0.05, 0.1) is 59.7 Å². The van der Waals surface area contributed by atoms with Crippen LogP contribution < -0.4 is 21.7 Å². The number of nitrogen functional groups attached to an aromatic ring is 2. The smallest absolute Gasteiger partial charge is 0.420 e. The zero-order valence-corrected chi connectivity index (χ0v) is 65.7. The number of nitrogens with zero attached hydrogens (tertiary/aromatic N) is 13. The average Bonchev–Trinajstić information content (AvgIpc) is 0.785. The Hall–Kier alpha value is -12.0. The predicted octanol–water partition coefficient (Wildman–Crippen LogP) is 20.1. The van der Waals surface area contributed by atoms with Crippen LogP contribution in [0.2, 0.25) is 15.7 Å². The van der Waals surface area contributed by atoms with E-state index in [9.17, 15) is 9.59 Å². The van der Waals surface area contributed by atoms with Crippen molar-refractivity contribution in [3.8, 4) is 36.4 Å². The zero-order valence-electron chi connectivity index (χ0n) is 61.8. The molecule has 5 N–H and O–H groups in total. The maximum absolute atomic E-state index is 13.0. The fourth-order valence-corrected chi connectivity index (χ4v) is 10.3. The van der Waals surface area contributed by atoms with Gasteiger partial charge in [0.15, 0.2) is 0 Å². The molecular formula is C82H83Cl5N16O4. The van der Waals surface area contributed by atoms with E-state index in [0.717, 1.165) is 95.1 Å². The highest BCUT2D eigenvalue weighted by Crippen LogP contribution is 2.34. The molecule has 107 heavy (non-hydrogen) atoms. The summed E-state index contributed by atoms with van der Waals surface area (Å²) in [5.74, 6) is 1.53. The molecule has 0 aliphatic heterocycles. The van der Waals surface area contributed by atoms with Crippen LogP contribution in [0.4, 0.5) is 39.2 Å². The molecule has 3 aromatic heterocycles. The van der Waals surface area contributed by atoms with E-state index in [2.05, 4.69) is 41.3 Å². The molecule has 3 heterocycles. The minimum absolute atomic E-state index is 0. The second-order valence-electron chi connectivity index (χ2n) is 25.2. The molecule has 0 aliphatic carbocycles. The topological polar surface area (TPSA) is 340 Å². The van der Waals surface area contributed by atoms with Gasteiger partial charge in [-0.1, -0.05) is 35.9 Å². The summed E-state index contributed by atoms with van der Waals surface area (Å²) in [7, 11) is 0. The second kappa shape index (κ2) is 45.3. The van der Waals surface area contributed by atoms with Gasteiger partial charge < -0.3 is 26.3 Å². The van der Waals surface area contributed by atoms with Crippen LogP contribution in [0, 0.1) is 123 Å². The van der Waals surface area contributed by atoms with Crippen LogP contribution in [0.15, 0.2) is 158 Å². The van der Waals surface area contributed by atoms with Crippen LogP contribution in [0.5, 0.6) is 0 Å². The van der Waals surface area contributed by atoms with E-state index in [0.29, 0.717) is 45.7 Å². The minimum Gasteiger partial charge on any atom is -0.460 e. The van der Waals surface area contributed by atoms with Crippen molar-refractivity contribution < 1.29 is 19.1 Å². The van der Waals surface area contributed by atoms with E-state index < -0.39 is 17.3 Å². The number of nitrogens with two attached hydrogens (primary N) is 2. The van der Waals surface area contributed by atoms with Crippen LogP contribution in [-0.2, 0) is 27.1 Å². The van der Waals surface area contributed by atoms with Gasteiger partial charge in [-0.05, 0) is 307 Å². The number of hydrogen-bond acceptors (Lipinski definition) is 19. The van der Waals surface area contributed by atoms with E-state index in [-0.39, 0.29) is 47.8 Å². The minimum atomic E-state index is -0.677. The van der Waals surface area contributed by atoms with E-state index in [1.54, 1.807) is 99.8 Å². The Bertz CT molecular complexity index is 4800. The summed E-state index contributed by atoms with van der Waals surface area (Å²) < 4.78 is 10.9. The molecule has 9 aromatic rings. The Morgan fingerprint density at radius 3 is 1.31 bits per heavy atom. The molecule has 0 aliphatic rings. The number of anilines is 6. The lowest BCUT2D eigenvalue weighted by Crippen LogP contribution is -2.35. The van der Waals surface area contributed by atoms with Crippen LogP contribution >= 0.6 is 59.6 Å². The summed E-state index contributed by atoms with van der Waals surface area (Å²) in [4.78, 5) is 50.5. The Morgan fingerprint density at radius 1 is 0.505 bits per heavy atom. The highest BCUT2D eigenvalue weighted by atomic mass is 35.5. The molecule has 20 nitrogen and oxygen atoms in total. The molecule has 0 bridgehead atoms. The Kier molecular flexibility index (Phi) is 38.6. The number of rotatable bonds is 12. The van der Waals surface area contributed by atoms with Crippen LogP contribution in [0.25, 0.3) is 24.3 Å². The molecule has 1 amide bonds. The van der Waals surface area contributed by atoms with E-state index in [4.69, 9.17) is 87.3 Å². The molecule has 550 valence electrons. The summed E-state index contributed by atoms with van der Waals surface area (Å²) in [6.45, 7) is 26.7. The number of allylic oxidation sites excluding steroid dienone is 4. The van der Waals surface area contributed by atoms with Crippen molar-refractivity contribution in [3.05, 3.63) is 269 Å². The third kappa shape index (κ3) is 32.7. The molecule has 0 saturated heterocycles. The fraction of sp³-hybridized carbons (Fsp3) is 0.220. The SMILES string of the molecule is Cc1cc(/C=C/C#N)cc(C)c1CC(=O)OC(C)(C)C.Cc1cc(/C=C/C#N)cc(C)c1N.Cc1cc(/C=C/C#N)cc(C)c1N(C(=O)OC(C)(C)C)c1ccnc(Cl)n1.Cc1cc(/C=C/C#N)cc(C)c1Nc1ccnc(Cc2ccc(C#N)cc2)n1.Cl.Cl.Clc1ccnc(Cl)n1.N#Cc1ccc(N)cc1. The highest BCUT2D eigenvalue weighted by molar-refractivity contribution is 6.31. The number of nitrogens with one attached hydrogen (secondary N) is 1. The van der Waals surface area contributed by atoms with Gasteiger partial charge in [-0.2, -0.15) is 36.6 Å². The molecular weight excluding hydrogens is 1450 g/mol. The highest BCUT2D eigenvalue weighted by Gasteiger charge is 2.29. The quantitative estimate of drug-likeness (QED) is 0.0336. The first-order chi connectivity index (χ1) is 49.7. The molecule has 25 heteroatoms. The van der Waals surface area contributed by atoms with Gasteiger partial charge >= 0.3 is 12.1 Å². The third-order valence-electron chi connectivity index (χ3n) is 14.2. The lowest BCUT2D eigenvalue weighted by molar-refractivity contribution is -0.153. The number of aromatic nitrogens is 6. The van der Waals surface area contributed by atoms with Crippen molar-refractivity contribution in [2.75, 3.05) is 21.7 Å². The number of carbonyl (C=O) groups excluding carboxylic acids is 2. The first-order valence-corrected chi connectivity index (χ1v) is 33.5. The average molecular weight is 1530 g/mol. The first kappa shape index (κ1) is 91.1. The monoisotopic (exact) mass is 1530 g/mol. The van der Waals surface area contributed by atoms with E-state index in [1.807, 2.05) is 173 Å². The summed E-state index contributed by atoms with van der Waals surface area (Å²) >= 11 is 16.7. The Morgan fingerprint density at radius 2 is 0.907 bits per heavy atom. The Balaban J connectivity index is 0.000000457. The molecule has 0 atom stereocenters. The van der Waals surface area contributed by atoms with Gasteiger partial charge in [0.1, 0.15) is 33.8 Å². The Labute approximate surface area is 654 Å². The number of hydrogen-bond donors (Lipinski definition) is 3. The van der Waals surface area contributed by atoms with Crippen molar-refractivity contribution in [1.29, 1.82) is 31.6 Å². The number of ether oxygens (including phenoxy) is 2. The molecule has 0 unspecified atom stereocenters. The number of nitriles is 6. The van der Waals surface area contributed by atoms with Gasteiger partial charge in [-0.15, -0.1) is 24.8 Å². The predicted molar refractivity (Wildman–Crippen MR) is 433 cm³/mol. The largest absolute Gasteiger partial charge is 0.460 e. The standard InChI is InChI=1S/C23H19N5.C20H21ClN4O2.C17H21NO2.C11H12N2.C7H6N2.C4H2Cl2N2.2ClH/c1-16-12-20(4-3-10-24)13-17(2)23(16)28-21-9-11-26-22(27-21)14-18-5-7-19(15-25)8-6-18;1-13-11-15(7-6-9-22)12-14(2)17(13)25(19(26)27-20(3,4)5)16-8-10-23-18(21)24-16;1-12-9-14(7-6-8-18)10-13(2)15(12)11-16(19)20-17(3,4)5;1-8-6-10(4-3-5-12)7-9(2)11(8)13;8-5-6-1-3-7(9)4-2-6;5-3-1-2-7-4(6)8-3;;/h3-9,11-13H,14H2,1-2H3,(H,26,27,28);6-8,10-12H,1-5H3;6-7,9-10H,11H2,1-5H3;3-4,6-7H,13H2,1-2H3;1-4H,9H2;1-2H;2*1H/b4-3+;2*7-6+;4-3+;;;;. The summed E-state index contributed by atoms with van der Waals surface area (Å²) in [6, 6.07) is 47.0. The lowest BCUT2D eigenvalue weighted by atomic mass is 9.96. The maximum atomic E-state index is 13.0. The molecule has 0 radical (unpaired) electrons. The number of esters is 1. The summed E-state index contributed by atoms with van der Waals surface area (Å²) in [5.41, 5.74) is 28.3. The van der Waals surface area contributed by atoms with Gasteiger partial charge in [0.2, 0.25) is 10.6 Å². The van der Waals surface area contributed by atoms with Crippen molar-refractivity contribution in [1.82, 2.24) is 29.9 Å². The zero-order chi connectivity index (χ0) is 78.0.